The standard InChI is InChI=1S/C18H24N6O2/c1-11-14(16(22-21-11)13-4-5-13)17(25)23-6-3-7-24(9-8-23)18(26)15-12(2)19-10-20-15/h10,13H,3-9H2,1-2H3,(H,19,20)(H,21,22). The van der Waals surface area contributed by atoms with Gasteiger partial charge >= 0.3 is 0 Å². The predicted octanol–water partition coefficient (Wildman–Crippen LogP) is 1.62. The molecule has 2 aromatic rings. The minimum atomic E-state index is -0.0730. The van der Waals surface area contributed by atoms with Gasteiger partial charge in [-0.1, -0.05) is 0 Å². The quantitative estimate of drug-likeness (QED) is 0.873. The fourth-order valence-corrected chi connectivity index (χ4v) is 3.58. The molecule has 4 rings (SSSR count). The van der Waals surface area contributed by atoms with Crippen molar-refractivity contribution in [2.24, 2.45) is 0 Å². The van der Waals surface area contributed by atoms with Crippen molar-refractivity contribution >= 4 is 11.8 Å². The van der Waals surface area contributed by atoms with Crippen molar-refractivity contribution in [3.05, 3.63) is 34.7 Å². The average molecular weight is 356 g/mol. The molecule has 2 fully saturated rings. The molecule has 1 saturated heterocycles. The van der Waals surface area contributed by atoms with Crippen LogP contribution in [0, 0.1) is 13.8 Å². The van der Waals surface area contributed by atoms with Gasteiger partial charge in [0, 0.05) is 43.5 Å². The molecule has 8 heteroatoms. The highest BCUT2D eigenvalue weighted by Crippen LogP contribution is 2.41. The highest BCUT2D eigenvalue weighted by Gasteiger charge is 2.34. The molecule has 2 N–H and O–H groups in total. The number of aromatic nitrogens is 4. The number of carbonyl (C=O) groups is 2. The van der Waals surface area contributed by atoms with Crippen molar-refractivity contribution in [1.82, 2.24) is 30.0 Å². The molecule has 26 heavy (non-hydrogen) atoms. The third kappa shape index (κ3) is 3.00. The number of imidazole rings is 1. The molecule has 138 valence electrons. The van der Waals surface area contributed by atoms with E-state index in [9.17, 15) is 9.59 Å². The molecule has 1 saturated carbocycles. The molecule has 8 nitrogen and oxygen atoms in total. The summed E-state index contributed by atoms with van der Waals surface area (Å²) in [5.74, 6) is 0.381. The van der Waals surface area contributed by atoms with E-state index in [1.807, 2.05) is 18.7 Å². The van der Waals surface area contributed by atoms with Crippen LogP contribution in [-0.2, 0) is 0 Å². The van der Waals surface area contributed by atoms with Crippen molar-refractivity contribution in [3.8, 4) is 0 Å². The number of carbonyl (C=O) groups excluding carboxylic acids is 2. The number of nitrogens with one attached hydrogen (secondary N) is 2. The van der Waals surface area contributed by atoms with Crippen molar-refractivity contribution in [3.63, 3.8) is 0 Å². The van der Waals surface area contributed by atoms with Crippen LogP contribution in [0.5, 0.6) is 0 Å². The Labute approximate surface area is 152 Å². The summed E-state index contributed by atoms with van der Waals surface area (Å²) in [6.45, 7) is 6.08. The predicted molar refractivity (Wildman–Crippen MR) is 95.0 cm³/mol. The first-order valence-corrected chi connectivity index (χ1v) is 9.19. The maximum Gasteiger partial charge on any atom is 0.274 e. The van der Waals surface area contributed by atoms with Gasteiger partial charge in [0.2, 0.25) is 0 Å². The number of hydrogen-bond acceptors (Lipinski definition) is 4. The van der Waals surface area contributed by atoms with Gasteiger partial charge in [-0.05, 0) is 33.1 Å². The molecule has 0 radical (unpaired) electrons. The summed E-state index contributed by atoms with van der Waals surface area (Å²) < 4.78 is 0. The van der Waals surface area contributed by atoms with Gasteiger partial charge in [0.15, 0.2) is 0 Å². The summed E-state index contributed by atoms with van der Waals surface area (Å²) >= 11 is 0. The van der Waals surface area contributed by atoms with E-state index in [0.717, 1.165) is 41.9 Å². The molecule has 2 amide bonds. The molecule has 0 bridgehead atoms. The largest absolute Gasteiger partial charge is 0.348 e. The smallest absolute Gasteiger partial charge is 0.274 e. The zero-order chi connectivity index (χ0) is 18.3. The van der Waals surface area contributed by atoms with Crippen molar-refractivity contribution in [2.75, 3.05) is 26.2 Å². The number of rotatable bonds is 3. The number of H-pyrrole nitrogens is 2. The van der Waals surface area contributed by atoms with Crippen LogP contribution in [0.2, 0.25) is 0 Å². The topological polar surface area (TPSA) is 98.0 Å². The van der Waals surface area contributed by atoms with E-state index in [-0.39, 0.29) is 11.8 Å². The first-order valence-electron chi connectivity index (χ1n) is 9.19. The number of aromatic amines is 2. The van der Waals surface area contributed by atoms with E-state index in [1.54, 1.807) is 4.90 Å². The Kier molecular flexibility index (Phi) is 4.26. The van der Waals surface area contributed by atoms with Crippen LogP contribution in [0.25, 0.3) is 0 Å². The molecule has 1 aliphatic heterocycles. The normalized spacial score (nSPS) is 18.1. The second-order valence-electron chi connectivity index (χ2n) is 7.20. The molecule has 2 aliphatic rings. The molecule has 0 aromatic carbocycles. The van der Waals surface area contributed by atoms with Crippen LogP contribution in [0.4, 0.5) is 0 Å². The van der Waals surface area contributed by atoms with Crippen molar-refractivity contribution in [1.29, 1.82) is 0 Å². The lowest BCUT2D eigenvalue weighted by Gasteiger charge is -2.22. The summed E-state index contributed by atoms with van der Waals surface area (Å²) in [6, 6.07) is 0. The van der Waals surface area contributed by atoms with E-state index in [1.165, 1.54) is 6.33 Å². The zero-order valence-electron chi connectivity index (χ0n) is 15.2. The maximum atomic E-state index is 13.1. The Morgan fingerprint density at radius 1 is 1.04 bits per heavy atom. The minimum absolute atomic E-state index is 0.0309. The SMILES string of the molecule is Cc1[nH]cnc1C(=O)N1CCCN(C(=O)c2c(C3CC3)n[nH]c2C)CC1. The summed E-state index contributed by atoms with van der Waals surface area (Å²) in [4.78, 5) is 36.5. The van der Waals surface area contributed by atoms with E-state index >= 15 is 0 Å². The van der Waals surface area contributed by atoms with Crippen LogP contribution >= 0.6 is 0 Å². The molecule has 1 aliphatic carbocycles. The maximum absolute atomic E-state index is 13.1. The summed E-state index contributed by atoms with van der Waals surface area (Å²) in [6.07, 6.45) is 4.51. The summed E-state index contributed by atoms with van der Waals surface area (Å²) in [5, 5.41) is 7.33. The van der Waals surface area contributed by atoms with Crippen LogP contribution < -0.4 is 0 Å². The third-order valence-electron chi connectivity index (χ3n) is 5.26. The number of aryl methyl sites for hydroxylation is 2. The fraction of sp³-hybridized carbons (Fsp3) is 0.556. The lowest BCUT2D eigenvalue weighted by Crippen LogP contribution is -2.38. The second-order valence-corrected chi connectivity index (χ2v) is 7.20. The van der Waals surface area contributed by atoms with E-state index in [4.69, 9.17) is 0 Å². The Morgan fingerprint density at radius 2 is 1.73 bits per heavy atom. The number of hydrogen-bond donors (Lipinski definition) is 2. The Hall–Kier alpha value is -2.64. The van der Waals surface area contributed by atoms with Crippen LogP contribution in [0.3, 0.4) is 0 Å². The summed E-state index contributed by atoms with van der Waals surface area (Å²) in [7, 11) is 0. The van der Waals surface area contributed by atoms with Crippen LogP contribution in [0.15, 0.2) is 6.33 Å². The van der Waals surface area contributed by atoms with Crippen molar-refractivity contribution in [2.45, 2.75) is 39.0 Å². The minimum Gasteiger partial charge on any atom is -0.348 e. The van der Waals surface area contributed by atoms with Gasteiger partial charge in [-0.2, -0.15) is 5.10 Å². The molecular weight excluding hydrogens is 332 g/mol. The lowest BCUT2D eigenvalue weighted by atomic mass is 10.1. The van der Waals surface area contributed by atoms with Gasteiger partial charge in [-0.15, -0.1) is 0 Å². The van der Waals surface area contributed by atoms with Gasteiger partial charge in [0.05, 0.1) is 17.6 Å². The molecular formula is C18H24N6O2. The fourth-order valence-electron chi connectivity index (χ4n) is 3.58. The highest BCUT2D eigenvalue weighted by molar-refractivity contribution is 5.97. The average Bonchev–Trinajstić information content (AvgIpc) is 3.34. The Bertz CT molecular complexity index is 835. The Morgan fingerprint density at radius 3 is 2.35 bits per heavy atom. The first kappa shape index (κ1) is 16.8. The van der Waals surface area contributed by atoms with Gasteiger partial charge in [-0.3, -0.25) is 14.7 Å². The Balaban J connectivity index is 1.47. The number of amides is 2. The monoisotopic (exact) mass is 356 g/mol. The molecule has 0 atom stereocenters. The number of nitrogens with zero attached hydrogens (tertiary/aromatic N) is 4. The molecule has 2 aromatic heterocycles. The highest BCUT2D eigenvalue weighted by atomic mass is 16.2. The summed E-state index contributed by atoms with van der Waals surface area (Å²) in [5.41, 5.74) is 3.72. The second kappa shape index (κ2) is 6.59. The van der Waals surface area contributed by atoms with Gasteiger partial charge < -0.3 is 14.8 Å². The lowest BCUT2D eigenvalue weighted by molar-refractivity contribution is 0.0714. The van der Waals surface area contributed by atoms with Gasteiger partial charge in [-0.25, -0.2) is 4.98 Å². The third-order valence-corrected chi connectivity index (χ3v) is 5.26. The van der Waals surface area contributed by atoms with Crippen LogP contribution in [-0.4, -0.2) is 68.0 Å². The molecule has 0 unspecified atom stereocenters. The van der Waals surface area contributed by atoms with E-state index in [0.29, 0.717) is 37.8 Å². The molecule has 0 spiro atoms. The van der Waals surface area contributed by atoms with Gasteiger partial charge in [0.1, 0.15) is 5.69 Å². The molecule has 3 heterocycles. The first-order chi connectivity index (χ1) is 12.6. The zero-order valence-corrected chi connectivity index (χ0v) is 15.2. The van der Waals surface area contributed by atoms with E-state index < -0.39 is 0 Å². The van der Waals surface area contributed by atoms with Crippen molar-refractivity contribution < 1.29 is 9.59 Å². The van der Waals surface area contributed by atoms with Crippen LogP contribution in [0.1, 0.15) is 63.1 Å². The van der Waals surface area contributed by atoms with E-state index in [2.05, 4.69) is 20.2 Å². The van der Waals surface area contributed by atoms with Gasteiger partial charge in [0.25, 0.3) is 11.8 Å².